The zero-order chi connectivity index (χ0) is 15.6. The first-order valence-corrected chi connectivity index (χ1v) is 8.10. The van der Waals surface area contributed by atoms with E-state index in [2.05, 4.69) is 26.7 Å². The highest BCUT2D eigenvalue weighted by Gasteiger charge is 2.44. The maximum atomic E-state index is 12.3. The van der Waals surface area contributed by atoms with Gasteiger partial charge in [0.25, 0.3) is 0 Å². The average molecular weight is 304 g/mol. The van der Waals surface area contributed by atoms with E-state index in [1.807, 2.05) is 6.07 Å². The summed E-state index contributed by atoms with van der Waals surface area (Å²) in [7, 11) is 1.61. The minimum absolute atomic E-state index is 0.0273. The average Bonchev–Trinajstić information content (AvgIpc) is 2.55. The lowest BCUT2D eigenvalue weighted by atomic mass is 9.79. The van der Waals surface area contributed by atoms with Crippen molar-refractivity contribution in [3.63, 3.8) is 0 Å². The van der Waals surface area contributed by atoms with Gasteiger partial charge in [-0.05, 0) is 32.6 Å². The SMILES string of the molecule is CCN1C(=O)CCC[C@@]12CCCN(c1cc(OC)ncn1)C2. The van der Waals surface area contributed by atoms with E-state index in [9.17, 15) is 4.79 Å². The third-order valence-electron chi connectivity index (χ3n) is 4.94. The van der Waals surface area contributed by atoms with Gasteiger partial charge in [0.2, 0.25) is 11.8 Å². The topological polar surface area (TPSA) is 58.6 Å². The van der Waals surface area contributed by atoms with Crippen LogP contribution in [0.15, 0.2) is 12.4 Å². The van der Waals surface area contributed by atoms with Gasteiger partial charge in [0.1, 0.15) is 12.1 Å². The maximum absolute atomic E-state index is 12.3. The normalized spacial score (nSPS) is 25.6. The number of ether oxygens (including phenoxy) is 1. The number of carbonyl (C=O) groups is 1. The fourth-order valence-electron chi connectivity index (χ4n) is 3.96. The van der Waals surface area contributed by atoms with Crippen LogP contribution in [0, 0.1) is 0 Å². The molecule has 3 rings (SSSR count). The molecule has 1 aromatic rings. The molecule has 0 N–H and O–H groups in total. The van der Waals surface area contributed by atoms with E-state index in [0.29, 0.717) is 18.2 Å². The van der Waals surface area contributed by atoms with Crippen LogP contribution in [0.4, 0.5) is 5.82 Å². The number of nitrogens with zero attached hydrogens (tertiary/aromatic N) is 4. The molecule has 2 aliphatic heterocycles. The van der Waals surface area contributed by atoms with Crippen molar-refractivity contribution >= 4 is 11.7 Å². The van der Waals surface area contributed by atoms with Crippen LogP contribution in [0.2, 0.25) is 0 Å². The summed E-state index contributed by atoms with van der Waals surface area (Å²) >= 11 is 0. The molecule has 120 valence electrons. The number of carbonyl (C=O) groups excluding carboxylic acids is 1. The zero-order valence-corrected chi connectivity index (χ0v) is 13.4. The van der Waals surface area contributed by atoms with Gasteiger partial charge in [-0.15, -0.1) is 0 Å². The van der Waals surface area contributed by atoms with Crippen LogP contribution in [0.5, 0.6) is 5.88 Å². The Labute approximate surface area is 131 Å². The standard InChI is InChI=1S/C16H24N4O2/c1-3-20-15(21)6-4-7-16(20)8-5-9-19(11-16)13-10-14(22-2)18-12-17-13/h10,12H,3-9,11H2,1-2H3/t16-/m0/s1. The van der Waals surface area contributed by atoms with Crippen LogP contribution in [0.1, 0.15) is 39.0 Å². The Morgan fingerprint density at radius 1 is 1.32 bits per heavy atom. The number of hydrogen-bond acceptors (Lipinski definition) is 5. The first-order valence-electron chi connectivity index (χ1n) is 8.10. The molecule has 3 heterocycles. The Kier molecular flexibility index (Phi) is 4.18. The molecule has 1 aromatic heterocycles. The molecule has 0 bridgehead atoms. The largest absolute Gasteiger partial charge is 0.481 e. The number of hydrogen-bond donors (Lipinski definition) is 0. The van der Waals surface area contributed by atoms with E-state index in [0.717, 1.165) is 51.1 Å². The summed E-state index contributed by atoms with van der Waals surface area (Å²) in [6.07, 6.45) is 6.49. The molecule has 1 spiro atoms. The Morgan fingerprint density at radius 3 is 2.91 bits per heavy atom. The van der Waals surface area contributed by atoms with Crippen molar-refractivity contribution in [2.75, 3.05) is 31.6 Å². The van der Waals surface area contributed by atoms with Crippen molar-refractivity contribution in [2.24, 2.45) is 0 Å². The minimum atomic E-state index is -0.0273. The summed E-state index contributed by atoms with van der Waals surface area (Å²) in [4.78, 5) is 25.1. The number of methoxy groups -OCH3 is 1. The number of anilines is 1. The molecule has 0 unspecified atom stereocenters. The summed E-state index contributed by atoms with van der Waals surface area (Å²) in [5, 5.41) is 0. The summed E-state index contributed by atoms with van der Waals surface area (Å²) in [6.45, 7) is 4.69. The van der Waals surface area contributed by atoms with E-state index >= 15 is 0 Å². The number of aromatic nitrogens is 2. The lowest BCUT2D eigenvalue weighted by Crippen LogP contribution is -2.62. The fourth-order valence-corrected chi connectivity index (χ4v) is 3.96. The van der Waals surface area contributed by atoms with Crippen molar-refractivity contribution in [1.29, 1.82) is 0 Å². The monoisotopic (exact) mass is 304 g/mol. The summed E-state index contributed by atoms with van der Waals surface area (Å²) in [5.41, 5.74) is -0.0273. The number of piperidine rings is 2. The van der Waals surface area contributed by atoms with Gasteiger partial charge in [-0.25, -0.2) is 9.97 Å². The molecule has 22 heavy (non-hydrogen) atoms. The van der Waals surface area contributed by atoms with Crippen LogP contribution >= 0.6 is 0 Å². The first kappa shape index (κ1) is 15.1. The van der Waals surface area contributed by atoms with E-state index in [4.69, 9.17) is 4.74 Å². The third kappa shape index (κ3) is 2.62. The molecule has 0 aromatic carbocycles. The molecule has 1 atom stereocenters. The molecule has 2 aliphatic rings. The lowest BCUT2D eigenvalue weighted by molar-refractivity contribution is -0.142. The Balaban J connectivity index is 1.85. The Morgan fingerprint density at radius 2 is 2.14 bits per heavy atom. The van der Waals surface area contributed by atoms with E-state index in [1.54, 1.807) is 13.4 Å². The van der Waals surface area contributed by atoms with Crippen LogP contribution in [-0.2, 0) is 4.79 Å². The van der Waals surface area contributed by atoms with Gasteiger partial charge < -0.3 is 14.5 Å². The van der Waals surface area contributed by atoms with Gasteiger partial charge in [-0.2, -0.15) is 0 Å². The number of likely N-dealkylation sites (N-methyl/N-ethyl adjacent to an activating group) is 1. The highest BCUT2D eigenvalue weighted by atomic mass is 16.5. The molecule has 0 radical (unpaired) electrons. The smallest absolute Gasteiger partial charge is 0.223 e. The predicted octanol–water partition coefficient (Wildman–Crippen LogP) is 1.86. The zero-order valence-electron chi connectivity index (χ0n) is 13.4. The number of likely N-dealkylation sites (tertiary alicyclic amines) is 1. The summed E-state index contributed by atoms with van der Waals surface area (Å²) in [6, 6.07) is 1.87. The second-order valence-corrected chi connectivity index (χ2v) is 6.16. The molecule has 1 amide bonds. The maximum Gasteiger partial charge on any atom is 0.223 e. The van der Waals surface area contributed by atoms with Crippen molar-refractivity contribution in [2.45, 2.75) is 44.6 Å². The van der Waals surface area contributed by atoms with E-state index in [-0.39, 0.29) is 5.54 Å². The molecule has 6 heteroatoms. The molecular weight excluding hydrogens is 280 g/mol. The van der Waals surface area contributed by atoms with Crippen molar-refractivity contribution in [3.8, 4) is 5.88 Å². The van der Waals surface area contributed by atoms with Crippen LogP contribution in [0.3, 0.4) is 0 Å². The third-order valence-corrected chi connectivity index (χ3v) is 4.94. The summed E-state index contributed by atoms with van der Waals surface area (Å²) in [5.74, 6) is 1.77. The second kappa shape index (κ2) is 6.10. The fraction of sp³-hybridized carbons (Fsp3) is 0.688. The minimum Gasteiger partial charge on any atom is -0.481 e. The molecule has 6 nitrogen and oxygen atoms in total. The second-order valence-electron chi connectivity index (χ2n) is 6.16. The molecule has 2 saturated heterocycles. The van der Waals surface area contributed by atoms with E-state index in [1.165, 1.54) is 0 Å². The van der Waals surface area contributed by atoms with Crippen molar-refractivity contribution in [3.05, 3.63) is 12.4 Å². The first-order chi connectivity index (χ1) is 10.7. The van der Waals surface area contributed by atoms with Gasteiger partial charge in [0, 0.05) is 32.1 Å². The predicted molar refractivity (Wildman–Crippen MR) is 84.0 cm³/mol. The number of rotatable bonds is 3. The highest BCUT2D eigenvalue weighted by Crippen LogP contribution is 2.37. The molecule has 2 fully saturated rings. The summed E-state index contributed by atoms with van der Waals surface area (Å²) < 4.78 is 5.20. The Hall–Kier alpha value is -1.85. The van der Waals surface area contributed by atoms with Gasteiger partial charge in [0.15, 0.2) is 0 Å². The van der Waals surface area contributed by atoms with Crippen molar-refractivity contribution < 1.29 is 9.53 Å². The van der Waals surface area contributed by atoms with Crippen molar-refractivity contribution in [1.82, 2.24) is 14.9 Å². The van der Waals surface area contributed by atoms with Gasteiger partial charge >= 0.3 is 0 Å². The van der Waals surface area contributed by atoms with Gasteiger partial charge in [0.05, 0.1) is 12.6 Å². The molecular formula is C16H24N4O2. The molecule has 0 aliphatic carbocycles. The highest BCUT2D eigenvalue weighted by molar-refractivity contribution is 5.78. The van der Waals surface area contributed by atoms with Gasteiger partial charge in [-0.3, -0.25) is 4.79 Å². The van der Waals surface area contributed by atoms with Crippen LogP contribution in [-0.4, -0.2) is 53.1 Å². The Bertz CT molecular complexity index is 547. The van der Waals surface area contributed by atoms with Crippen LogP contribution in [0.25, 0.3) is 0 Å². The number of amides is 1. The van der Waals surface area contributed by atoms with Gasteiger partial charge in [-0.1, -0.05) is 0 Å². The molecule has 0 saturated carbocycles. The van der Waals surface area contributed by atoms with Crippen LogP contribution < -0.4 is 9.64 Å². The lowest BCUT2D eigenvalue weighted by Gasteiger charge is -2.52. The quantitative estimate of drug-likeness (QED) is 0.853. The van der Waals surface area contributed by atoms with E-state index < -0.39 is 0 Å².